The molecule has 0 bridgehead atoms. The second-order valence-electron chi connectivity index (χ2n) is 3.11. The van der Waals surface area contributed by atoms with E-state index in [9.17, 15) is 22.4 Å². The molecule has 0 N–H and O–H groups in total. The minimum absolute atomic E-state index is 0.0747. The number of hydrogen-bond donors (Lipinski definition) is 0. The smallest absolute Gasteiger partial charge is 0.387 e. The number of carbonyl (C=O) groups is 1. The Bertz CT molecular complexity index is 435. The van der Waals surface area contributed by atoms with Crippen LogP contribution in [0, 0.1) is 3.57 Å². The van der Waals surface area contributed by atoms with Crippen LogP contribution in [0.1, 0.15) is 29.3 Å². The molecular formula is C10H7F4IO2. The van der Waals surface area contributed by atoms with E-state index in [1.165, 1.54) is 6.92 Å². The minimum Gasteiger partial charge on any atom is -0.434 e. The Labute approximate surface area is 108 Å². The molecule has 1 aromatic carbocycles. The molecule has 1 rings (SSSR count). The third-order valence-electron chi connectivity index (χ3n) is 1.93. The molecular weight excluding hydrogens is 355 g/mol. The first-order chi connectivity index (χ1) is 7.82. The van der Waals surface area contributed by atoms with E-state index in [-0.39, 0.29) is 9.13 Å². The van der Waals surface area contributed by atoms with E-state index in [1.54, 1.807) is 22.6 Å². The zero-order chi connectivity index (χ0) is 13.2. The maximum atomic E-state index is 12.6. The number of ether oxygens (including phenoxy) is 1. The van der Waals surface area contributed by atoms with Gasteiger partial charge in [0.05, 0.1) is 5.56 Å². The highest BCUT2D eigenvalue weighted by Gasteiger charge is 2.20. The Morgan fingerprint density at radius 1 is 1.29 bits per heavy atom. The fourth-order valence-electron chi connectivity index (χ4n) is 1.21. The molecule has 0 radical (unpaired) electrons. The lowest BCUT2D eigenvalue weighted by atomic mass is 10.1. The standard InChI is InChI=1S/C10H7F4IO2/c1-4(16)5-3-8(17-10(13)14)6(9(11)12)2-7(5)15/h2-3,9-10H,1H3. The van der Waals surface area contributed by atoms with Gasteiger partial charge in [0.2, 0.25) is 0 Å². The Morgan fingerprint density at radius 3 is 2.29 bits per heavy atom. The second-order valence-corrected chi connectivity index (χ2v) is 4.27. The SMILES string of the molecule is CC(=O)c1cc(OC(F)F)c(C(F)F)cc1I. The average molecular weight is 362 g/mol. The van der Waals surface area contributed by atoms with Crippen LogP contribution < -0.4 is 4.74 Å². The normalized spacial score (nSPS) is 11.1. The van der Waals surface area contributed by atoms with Crippen molar-refractivity contribution < 1.29 is 27.1 Å². The molecule has 0 atom stereocenters. The molecule has 0 aliphatic heterocycles. The summed E-state index contributed by atoms with van der Waals surface area (Å²) in [5.74, 6) is -1.07. The van der Waals surface area contributed by atoms with Crippen molar-refractivity contribution in [3.63, 3.8) is 0 Å². The van der Waals surface area contributed by atoms with Crippen LogP contribution in [0.3, 0.4) is 0 Å². The summed E-state index contributed by atoms with van der Waals surface area (Å²) >= 11 is 1.69. The third-order valence-corrected chi connectivity index (χ3v) is 2.82. The highest BCUT2D eigenvalue weighted by molar-refractivity contribution is 14.1. The lowest BCUT2D eigenvalue weighted by Crippen LogP contribution is -2.07. The van der Waals surface area contributed by atoms with E-state index in [2.05, 4.69) is 4.74 Å². The Morgan fingerprint density at radius 2 is 1.88 bits per heavy atom. The molecule has 0 aromatic heterocycles. The van der Waals surface area contributed by atoms with Crippen molar-refractivity contribution in [2.24, 2.45) is 0 Å². The van der Waals surface area contributed by atoms with Crippen LogP contribution in [0.2, 0.25) is 0 Å². The van der Waals surface area contributed by atoms with Gasteiger partial charge in [0.1, 0.15) is 5.75 Å². The zero-order valence-corrected chi connectivity index (χ0v) is 10.7. The van der Waals surface area contributed by atoms with E-state index in [1.807, 2.05) is 0 Å². The molecule has 7 heteroatoms. The van der Waals surface area contributed by atoms with Gasteiger partial charge >= 0.3 is 6.61 Å². The zero-order valence-electron chi connectivity index (χ0n) is 8.52. The van der Waals surface area contributed by atoms with E-state index in [0.29, 0.717) is 0 Å². The number of carbonyl (C=O) groups excluding carboxylic acids is 1. The monoisotopic (exact) mass is 362 g/mol. The van der Waals surface area contributed by atoms with E-state index < -0.39 is 30.1 Å². The van der Waals surface area contributed by atoms with Crippen LogP contribution in [-0.4, -0.2) is 12.4 Å². The first kappa shape index (κ1) is 14.2. The number of Topliss-reactive ketones (excluding diaryl/α,β-unsaturated/α-hetero) is 1. The lowest BCUT2D eigenvalue weighted by Gasteiger charge is -2.12. The molecule has 0 fully saturated rings. The molecule has 0 heterocycles. The first-order valence-electron chi connectivity index (χ1n) is 4.40. The second kappa shape index (κ2) is 5.65. The van der Waals surface area contributed by atoms with E-state index in [4.69, 9.17) is 0 Å². The van der Waals surface area contributed by atoms with Gasteiger partial charge in [-0.1, -0.05) is 0 Å². The topological polar surface area (TPSA) is 26.3 Å². The van der Waals surface area contributed by atoms with Crippen LogP contribution in [-0.2, 0) is 0 Å². The molecule has 0 spiro atoms. The third kappa shape index (κ3) is 3.55. The summed E-state index contributed by atoms with van der Waals surface area (Å²) in [6, 6.07) is 1.89. The first-order valence-corrected chi connectivity index (χ1v) is 5.48. The Hall–Kier alpha value is -0.860. The van der Waals surface area contributed by atoms with Crippen molar-refractivity contribution in [2.45, 2.75) is 20.0 Å². The van der Waals surface area contributed by atoms with Gasteiger partial charge in [-0.15, -0.1) is 0 Å². The highest BCUT2D eigenvalue weighted by atomic mass is 127. The highest BCUT2D eigenvalue weighted by Crippen LogP contribution is 2.33. The summed E-state index contributed by atoms with van der Waals surface area (Å²) in [7, 11) is 0. The Kier molecular flexibility index (Phi) is 4.72. The van der Waals surface area contributed by atoms with Crippen molar-refractivity contribution in [1.29, 1.82) is 0 Å². The lowest BCUT2D eigenvalue weighted by molar-refractivity contribution is -0.0520. The summed E-state index contributed by atoms with van der Waals surface area (Å²) in [5.41, 5.74) is -0.578. The quantitative estimate of drug-likeness (QED) is 0.459. The molecule has 0 saturated carbocycles. The van der Waals surface area contributed by atoms with Crippen LogP contribution in [0.5, 0.6) is 5.75 Å². The molecule has 0 aliphatic rings. The number of alkyl halides is 4. The minimum atomic E-state index is -3.22. The molecule has 0 unspecified atom stereocenters. The van der Waals surface area contributed by atoms with Gasteiger partial charge < -0.3 is 4.74 Å². The van der Waals surface area contributed by atoms with Gasteiger partial charge in [-0.25, -0.2) is 8.78 Å². The molecule has 94 valence electrons. The number of rotatable bonds is 4. The van der Waals surface area contributed by atoms with Crippen molar-refractivity contribution in [1.82, 2.24) is 0 Å². The summed E-state index contributed by atoms with van der Waals surface area (Å²) < 4.78 is 53.5. The van der Waals surface area contributed by atoms with Crippen molar-refractivity contribution in [3.8, 4) is 5.75 Å². The summed E-state index contributed by atoms with van der Waals surface area (Å²) in [5, 5.41) is 0. The van der Waals surface area contributed by atoms with Gasteiger partial charge in [-0.05, 0) is 41.6 Å². The largest absolute Gasteiger partial charge is 0.434 e. The van der Waals surface area contributed by atoms with E-state index >= 15 is 0 Å². The summed E-state index contributed by atoms with van der Waals surface area (Å²) in [6.07, 6.45) is -2.95. The predicted octanol–water partition coefficient (Wildman–Crippen LogP) is 4.03. The van der Waals surface area contributed by atoms with Crippen molar-refractivity contribution in [3.05, 3.63) is 26.8 Å². The van der Waals surface area contributed by atoms with Gasteiger partial charge in [0.25, 0.3) is 6.43 Å². The molecule has 0 aliphatic carbocycles. The van der Waals surface area contributed by atoms with Gasteiger partial charge in [0.15, 0.2) is 5.78 Å². The summed E-state index contributed by atoms with van der Waals surface area (Å²) in [6.45, 7) is -2.00. The van der Waals surface area contributed by atoms with Gasteiger partial charge in [-0.3, -0.25) is 4.79 Å². The molecule has 2 nitrogen and oxygen atoms in total. The number of halogens is 5. The fourth-order valence-corrected chi connectivity index (χ4v) is 2.08. The fraction of sp³-hybridized carbons (Fsp3) is 0.300. The maximum Gasteiger partial charge on any atom is 0.387 e. The van der Waals surface area contributed by atoms with E-state index in [0.717, 1.165) is 12.1 Å². The van der Waals surface area contributed by atoms with Crippen LogP contribution >= 0.6 is 22.6 Å². The predicted molar refractivity (Wildman–Crippen MR) is 60.8 cm³/mol. The van der Waals surface area contributed by atoms with Crippen LogP contribution in [0.15, 0.2) is 12.1 Å². The van der Waals surface area contributed by atoms with Gasteiger partial charge in [-0.2, -0.15) is 8.78 Å². The average Bonchev–Trinajstić information content (AvgIpc) is 2.18. The molecule has 0 amide bonds. The number of ketones is 1. The number of benzene rings is 1. The van der Waals surface area contributed by atoms with Crippen LogP contribution in [0.25, 0.3) is 0 Å². The molecule has 0 saturated heterocycles. The van der Waals surface area contributed by atoms with Crippen LogP contribution in [0.4, 0.5) is 17.6 Å². The summed E-state index contributed by atoms with van der Waals surface area (Å²) in [4.78, 5) is 11.2. The molecule has 1 aromatic rings. The molecule has 17 heavy (non-hydrogen) atoms. The van der Waals surface area contributed by atoms with Crippen molar-refractivity contribution in [2.75, 3.05) is 0 Å². The maximum absolute atomic E-state index is 12.6. The Balaban J connectivity index is 3.31. The number of hydrogen-bond acceptors (Lipinski definition) is 2. The van der Waals surface area contributed by atoms with Gasteiger partial charge in [0, 0.05) is 9.13 Å². The van der Waals surface area contributed by atoms with Crippen molar-refractivity contribution >= 4 is 28.4 Å².